The van der Waals surface area contributed by atoms with E-state index < -0.39 is 0 Å². The summed E-state index contributed by atoms with van der Waals surface area (Å²) in [5, 5.41) is 5.26. The monoisotopic (exact) mass is 326 g/mol. The molecule has 21 heavy (non-hydrogen) atoms. The summed E-state index contributed by atoms with van der Waals surface area (Å²) in [6.45, 7) is 6.34. The number of rotatable bonds is 8. The highest BCUT2D eigenvalue weighted by Crippen LogP contribution is 2.20. The second-order valence-corrected chi connectivity index (χ2v) is 8.00. The number of nitrogens with zero attached hydrogens (tertiary/aromatic N) is 1. The lowest BCUT2D eigenvalue weighted by molar-refractivity contribution is -0.120. The van der Waals surface area contributed by atoms with Crippen molar-refractivity contribution in [1.82, 2.24) is 10.2 Å². The molecule has 1 fully saturated rings. The van der Waals surface area contributed by atoms with E-state index in [0.29, 0.717) is 12.3 Å². The Bertz CT molecular complexity index is 408. The van der Waals surface area contributed by atoms with Gasteiger partial charge in [0.25, 0.3) is 0 Å². The first kappa shape index (κ1) is 16.8. The van der Waals surface area contributed by atoms with Crippen molar-refractivity contribution in [2.24, 2.45) is 5.92 Å². The molecule has 0 unspecified atom stereocenters. The smallest absolute Gasteiger partial charge is 0.220 e. The third-order valence-electron chi connectivity index (χ3n) is 3.83. The van der Waals surface area contributed by atoms with Gasteiger partial charge < -0.3 is 5.32 Å². The molecule has 1 saturated heterocycles. The van der Waals surface area contributed by atoms with E-state index in [1.54, 1.807) is 0 Å². The van der Waals surface area contributed by atoms with Crippen molar-refractivity contribution in [2.45, 2.75) is 32.7 Å². The maximum atomic E-state index is 11.8. The van der Waals surface area contributed by atoms with Crippen LogP contribution in [-0.4, -0.2) is 41.9 Å². The number of amides is 1. The number of carbonyl (C=O) groups is 1. The summed E-state index contributed by atoms with van der Waals surface area (Å²) in [6.07, 6.45) is 3.15. The Hall–Kier alpha value is -0.520. The predicted molar refractivity (Wildman–Crippen MR) is 92.9 cm³/mol. The maximum absolute atomic E-state index is 11.8. The molecule has 0 radical (unpaired) electrons. The molecule has 3 nitrogen and oxygen atoms in total. The van der Waals surface area contributed by atoms with Crippen LogP contribution in [0, 0.1) is 5.92 Å². The van der Waals surface area contributed by atoms with Gasteiger partial charge in [-0.3, -0.25) is 9.69 Å². The summed E-state index contributed by atoms with van der Waals surface area (Å²) in [4.78, 5) is 15.7. The molecule has 1 atom stereocenters. The highest BCUT2D eigenvalue weighted by Gasteiger charge is 2.20. The first-order valence-electron chi connectivity index (χ1n) is 7.87. The molecule has 5 heteroatoms. The van der Waals surface area contributed by atoms with E-state index in [-0.39, 0.29) is 5.91 Å². The molecule has 0 spiro atoms. The summed E-state index contributed by atoms with van der Waals surface area (Å²) in [6, 6.07) is 4.33. The second-order valence-electron chi connectivity index (χ2n) is 5.57. The summed E-state index contributed by atoms with van der Waals surface area (Å²) in [7, 11) is 0. The van der Waals surface area contributed by atoms with E-state index in [1.807, 2.05) is 23.1 Å². The number of nitrogens with one attached hydrogen (secondary N) is 1. The van der Waals surface area contributed by atoms with Crippen LogP contribution in [0.4, 0.5) is 0 Å². The Morgan fingerprint density at radius 3 is 3.24 bits per heavy atom. The van der Waals surface area contributed by atoms with Gasteiger partial charge in [0.1, 0.15) is 0 Å². The highest BCUT2D eigenvalue weighted by molar-refractivity contribution is 7.99. The van der Waals surface area contributed by atoms with Crippen LogP contribution in [0.2, 0.25) is 0 Å². The van der Waals surface area contributed by atoms with E-state index in [0.717, 1.165) is 31.1 Å². The second kappa shape index (κ2) is 9.49. The molecule has 1 aliphatic rings. The van der Waals surface area contributed by atoms with Crippen LogP contribution in [0.3, 0.4) is 0 Å². The van der Waals surface area contributed by atoms with E-state index in [9.17, 15) is 4.79 Å². The van der Waals surface area contributed by atoms with Crippen LogP contribution in [0.25, 0.3) is 0 Å². The van der Waals surface area contributed by atoms with Gasteiger partial charge in [-0.05, 0) is 42.5 Å². The van der Waals surface area contributed by atoms with E-state index in [2.05, 4.69) is 34.7 Å². The Labute approximate surface area is 136 Å². The van der Waals surface area contributed by atoms with Crippen LogP contribution in [-0.2, 0) is 11.3 Å². The molecule has 0 saturated carbocycles. The zero-order valence-corrected chi connectivity index (χ0v) is 14.5. The van der Waals surface area contributed by atoms with Gasteiger partial charge in [0, 0.05) is 36.7 Å². The van der Waals surface area contributed by atoms with Crippen molar-refractivity contribution in [2.75, 3.05) is 31.1 Å². The average molecular weight is 327 g/mol. The highest BCUT2D eigenvalue weighted by atomic mass is 32.2. The van der Waals surface area contributed by atoms with Crippen LogP contribution in [0.5, 0.6) is 0 Å². The molecule has 0 bridgehead atoms. The molecule has 0 aromatic carbocycles. The summed E-state index contributed by atoms with van der Waals surface area (Å²) in [5.74, 6) is 2.86. The minimum atomic E-state index is 0.214. The zero-order valence-electron chi connectivity index (χ0n) is 12.8. The fraction of sp³-hybridized carbons (Fsp3) is 0.688. The van der Waals surface area contributed by atoms with Gasteiger partial charge in [0.2, 0.25) is 5.91 Å². The Morgan fingerprint density at radius 1 is 1.57 bits per heavy atom. The van der Waals surface area contributed by atoms with Crippen molar-refractivity contribution in [1.29, 1.82) is 0 Å². The van der Waals surface area contributed by atoms with Crippen LogP contribution in [0.1, 0.15) is 31.1 Å². The normalized spacial score (nSPS) is 19.6. The molecule has 1 N–H and O–H groups in total. The summed E-state index contributed by atoms with van der Waals surface area (Å²) in [5.41, 5.74) is 0. The van der Waals surface area contributed by atoms with Crippen molar-refractivity contribution < 1.29 is 4.79 Å². The molecule has 118 valence electrons. The quantitative estimate of drug-likeness (QED) is 0.745. The predicted octanol–water partition coefficient (Wildman–Crippen LogP) is 3.22. The van der Waals surface area contributed by atoms with Crippen LogP contribution < -0.4 is 5.32 Å². The van der Waals surface area contributed by atoms with Gasteiger partial charge >= 0.3 is 0 Å². The van der Waals surface area contributed by atoms with Crippen molar-refractivity contribution in [3.8, 4) is 0 Å². The lowest BCUT2D eigenvalue weighted by Crippen LogP contribution is -2.40. The first-order chi connectivity index (χ1) is 10.3. The minimum Gasteiger partial charge on any atom is -0.356 e. The largest absolute Gasteiger partial charge is 0.356 e. The molecular formula is C16H26N2OS2. The molecule has 1 aromatic rings. The Morgan fingerprint density at radius 2 is 2.48 bits per heavy atom. The van der Waals surface area contributed by atoms with Crippen molar-refractivity contribution >= 4 is 29.0 Å². The summed E-state index contributed by atoms with van der Waals surface area (Å²) >= 11 is 3.67. The van der Waals surface area contributed by atoms with E-state index in [4.69, 9.17) is 0 Å². The van der Waals surface area contributed by atoms with Crippen LogP contribution in [0.15, 0.2) is 17.5 Å². The SMILES string of the molecule is CCSCCC(=O)NC[C@@H]1CCCN(Cc2cccs2)C1. The van der Waals surface area contributed by atoms with Gasteiger partial charge in [-0.1, -0.05) is 13.0 Å². The van der Waals surface area contributed by atoms with Gasteiger partial charge in [0.15, 0.2) is 0 Å². The van der Waals surface area contributed by atoms with Crippen LogP contribution >= 0.6 is 23.1 Å². The van der Waals surface area contributed by atoms with Gasteiger partial charge in [-0.2, -0.15) is 11.8 Å². The van der Waals surface area contributed by atoms with E-state index in [1.165, 1.54) is 24.3 Å². The molecule has 2 rings (SSSR count). The summed E-state index contributed by atoms with van der Waals surface area (Å²) < 4.78 is 0. The number of piperidine rings is 1. The Kier molecular flexibility index (Phi) is 7.61. The number of thioether (sulfide) groups is 1. The lowest BCUT2D eigenvalue weighted by Gasteiger charge is -2.32. The minimum absolute atomic E-state index is 0.214. The topological polar surface area (TPSA) is 32.3 Å². The van der Waals surface area contributed by atoms with E-state index >= 15 is 0 Å². The number of carbonyl (C=O) groups excluding carboxylic acids is 1. The van der Waals surface area contributed by atoms with Gasteiger partial charge in [-0.25, -0.2) is 0 Å². The number of hydrogen-bond acceptors (Lipinski definition) is 4. The molecule has 2 heterocycles. The molecule has 0 aliphatic carbocycles. The third-order valence-corrected chi connectivity index (χ3v) is 5.59. The molecule has 1 aliphatic heterocycles. The molecule has 1 aromatic heterocycles. The van der Waals surface area contributed by atoms with Crippen molar-refractivity contribution in [3.63, 3.8) is 0 Å². The number of thiophene rings is 1. The number of hydrogen-bond donors (Lipinski definition) is 1. The Balaban J connectivity index is 1.65. The number of likely N-dealkylation sites (tertiary alicyclic amines) is 1. The van der Waals surface area contributed by atoms with Crippen molar-refractivity contribution in [3.05, 3.63) is 22.4 Å². The van der Waals surface area contributed by atoms with Gasteiger partial charge in [-0.15, -0.1) is 11.3 Å². The standard InChI is InChI=1S/C16H26N2OS2/c1-2-20-10-7-16(19)17-11-14-5-3-8-18(12-14)13-15-6-4-9-21-15/h4,6,9,14H,2-3,5,7-8,10-13H2,1H3,(H,17,19)/t14-/m0/s1. The zero-order chi connectivity index (χ0) is 14.9. The third kappa shape index (κ3) is 6.41. The molecule has 1 amide bonds. The average Bonchev–Trinajstić information content (AvgIpc) is 2.99. The fourth-order valence-electron chi connectivity index (χ4n) is 2.74. The maximum Gasteiger partial charge on any atom is 0.220 e. The lowest BCUT2D eigenvalue weighted by atomic mass is 9.98. The fourth-order valence-corrected chi connectivity index (χ4v) is 4.10. The first-order valence-corrected chi connectivity index (χ1v) is 9.90. The van der Waals surface area contributed by atoms with Gasteiger partial charge in [0.05, 0.1) is 0 Å². The molecular weight excluding hydrogens is 300 g/mol.